The molecule has 0 saturated heterocycles. The van der Waals surface area contributed by atoms with Crippen molar-refractivity contribution in [1.82, 2.24) is 0 Å². The lowest BCUT2D eigenvalue weighted by molar-refractivity contribution is 1.27. The quantitative estimate of drug-likeness (QED) is 0.574. The Morgan fingerprint density at radius 2 is 1.67 bits per heavy atom. The van der Waals surface area contributed by atoms with Gasteiger partial charge in [0, 0.05) is 11.4 Å². The first-order chi connectivity index (χ1) is 8.48. The number of benzene rings is 2. The molecule has 92 valence electrons. The van der Waals surface area contributed by atoms with Crippen molar-refractivity contribution in [2.24, 2.45) is 0 Å². The highest BCUT2D eigenvalue weighted by Crippen LogP contribution is 2.39. The van der Waals surface area contributed by atoms with Crippen molar-refractivity contribution < 1.29 is 0 Å². The summed E-state index contributed by atoms with van der Waals surface area (Å²) >= 11 is 6.66. The number of rotatable bonds is 1. The average Bonchev–Trinajstić information content (AvgIpc) is 2.68. The summed E-state index contributed by atoms with van der Waals surface area (Å²) in [5, 5.41) is 2.40. The minimum atomic E-state index is -1.36. The molecule has 1 aliphatic rings. The molecular weight excluding hydrogens is 256 g/mol. The second-order valence-electron chi connectivity index (χ2n) is 6.04. The summed E-state index contributed by atoms with van der Waals surface area (Å²) in [6.45, 7) is 7.05. The maximum absolute atomic E-state index is 6.66. The fourth-order valence-corrected chi connectivity index (χ4v) is 5.23. The second kappa shape index (κ2) is 3.97. The predicted octanol–water partition coefficient (Wildman–Crippen LogP) is 4.46. The van der Waals surface area contributed by atoms with Gasteiger partial charge in [-0.25, -0.2) is 0 Å². The van der Waals surface area contributed by atoms with Gasteiger partial charge in [0.05, 0.1) is 8.07 Å². The van der Waals surface area contributed by atoms with E-state index < -0.39 is 8.07 Å². The first-order valence-electron chi connectivity index (χ1n) is 6.38. The molecule has 0 aliphatic heterocycles. The molecule has 2 aromatic carbocycles. The van der Waals surface area contributed by atoms with E-state index in [9.17, 15) is 0 Å². The van der Waals surface area contributed by atoms with Gasteiger partial charge in [-0.2, -0.15) is 0 Å². The van der Waals surface area contributed by atoms with Gasteiger partial charge in [0.15, 0.2) is 0 Å². The van der Waals surface area contributed by atoms with Gasteiger partial charge in [0.1, 0.15) is 0 Å². The Labute approximate surface area is 115 Å². The lowest BCUT2D eigenvalue weighted by Crippen LogP contribution is -2.38. The van der Waals surface area contributed by atoms with Crippen molar-refractivity contribution in [3.8, 4) is 11.1 Å². The van der Waals surface area contributed by atoms with E-state index in [0.29, 0.717) is 0 Å². The van der Waals surface area contributed by atoms with Crippen LogP contribution in [0.15, 0.2) is 36.4 Å². The summed E-state index contributed by atoms with van der Waals surface area (Å²) in [7, 11) is -1.36. The molecule has 0 nitrogen and oxygen atoms in total. The average molecular weight is 273 g/mol. The maximum Gasteiger partial charge on any atom is 0.0795 e. The Hall–Kier alpha value is -1.05. The van der Waals surface area contributed by atoms with Crippen LogP contribution in [0.3, 0.4) is 0 Å². The van der Waals surface area contributed by atoms with E-state index >= 15 is 0 Å². The van der Waals surface area contributed by atoms with Gasteiger partial charge in [-0.3, -0.25) is 0 Å². The third-order valence-corrected chi connectivity index (χ3v) is 6.35. The molecule has 0 bridgehead atoms. The number of hydrogen-bond donors (Lipinski definition) is 0. The zero-order chi connectivity index (χ0) is 12.9. The van der Waals surface area contributed by atoms with E-state index in [1.807, 2.05) is 0 Å². The zero-order valence-electron chi connectivity index (χ0n) is 11.0. The highest BCUT2D eigenvalue weighted by molar-refractivity contribution is 6.90. The van der Waals surface area contributed by atoms with Crippen molar-refractivity contribution in [2.45, 2.75) is 26.1 Å². The monoisotopic (exact) mass is 272 g/mol. The van der Waals surface area contributed by atoms with Gasteiger partial charge in [-0.15, -0.1) is 0 Å². The van der Waals surface area contributed by atoms with Gasteiger partial charge >= 0.3 is 0 Å². The second-order valence-corrected chi connectivity index (χ2v) is 11.5. The summed E-state index contributed by atoms with van der Waals surface area (Å²) in [6.07, 6.45) is 0.989. The van der Waals surface area contributed by atoms with Crippen LogP contribution in [0, 0.1) is 0 Å². The molecule has 3 rings (SSSR count). The first kappa shape index (κ1) is 12.0. The Bertz CT molecular complexity index is 623. The molecule has 0 unspecified atom stereocenters. The molecule has 0 spiro atoms. The third kappa shape index (κ3) is 1.73. The van der Waals surface area contributed by atoms with Gasteiger partial charge in [0.2, 0.25) is 0 Å². The number of hydrogen-bond acceptors (Lipinski definition) is 0. The molecule has 0 heterocycles. The number of fused-ring (bicyclic) bond motifs is 3. The Balaban J connectivity index is 2.22. The lowest BCUT2D eigenvalue weighted by Gasteiger charge is -2.20. The summed E-state index contributed by atoms with van der Waals surface area (Å²) in [5.41, 5.74) is 5.43. The summed E-state index contributed by atoms with van der Waals surface area (Å²) in [6, 6.07) is 13.1. The van der Waals surface area contributed by atoms with Crippen molar-refractivity contribution >= 4 is 24.9 Å². The predicted molar refractivity (Wildman–Crippen MR) is 82.7 cm³/mol. The van der Waals surface area contributed by atoms with E-state index in [2.05, 4.69) is 56.0 Å². The van der Waals surface area contributed by atoms with Crippen LogP contribution >= 0.6 is 11.6 Å². The van der Waals surface area contributed by atoms with Crippen LogP contribution < -0.4 is 5.19 Å². The normalized spacial score (nSPS) is 13.3. The fraction of sp³-hybridized carbons (Fsp3) is 0.250. The summed E-state index contributed by atoms with van der Waals surface area (Å²) in [5.74, 6) is 0. The molecule has 18 heavy (non-hydrogen) atoms. The van der Waals surface area contributed by atoms with Crippen LogP contribution in [0.5, 0.6) is 0 Å². The Morgan fingerprint density at radius 3 is 2.39 bits per heavy atom. The highest BCUT2D eigenvalue weighted by Gasteiger charge is 2.26. The molecule has 0 amide bonds. The minimum Gasteiger partial charge on any atom is -0.0841 e. The molecule has 0 atom stereocenters. The standard InChI is InChI=1S/C16H17ClSi/c1-18(2,3)15-9-8-13-12-7-5-4-6-11(12)10-14(13)16(15)17/h4-9H,10H2,1-3H3. The van der Waals surface area contributed by atoms with E-state index in [-0.39, 0.29) is 0 Å². The van der Waals surface area contributed by atoms with Crippen LogP contribution in [0.25, 0.3) is 11.1 Å². The van der Waals surface area contributed by atoms with Crippen molar-refractivity contribution in [3.05, 3.63) is 52.5 Å². The molecule has 2 aromatic rings. The highest BCUT2D eigenvalue weighted by atomic mass is 35.5. The van der Waals surface area contributed by atoms with Gasteiger partial charge in [-0.05, 0) is 27.4 Å². The molecule has 0 fully saturated rings. The van der Waals surface area contributed by atoms with Crippen molar-refractivity contribution in [3.63, 3.8) is 0 Å². The van der Waals surface area contributed by atoms with Crippen LogP contribution in [-0.2, 0) is 6.42 Å². The Morgan fingerprint density at radius 1 is 0.944 bits per heavy atom. The van der Waals surface area contributed by atoms with E-state index in [1.54, 1.807) is 0 Å². The van der Waals surface area contributed by atoms with E-state index in [1.165, 1.54) is 27.4 Å². The SMILES string of the molecule is C[Si](C)(C)c1ccc2c(c1Cl)Cc1ccccc1-2. The zero-order valence-corrected chi connectivity index (χ0v) is 12.8. The molecule has 2 heteroatoms. The van der Waals surface area contributed by atoms with Gasteiger partial charge in [0.25, 0.3) is 0 Å². The third-order valence-electron chi connectivity index (χ3n) is 3.73. The molecule has 0 aromatic heterocycles. The van der Waals surface area contributed by atoms with Gasteiger partial charge in [-0.1, -0.05) is 67.6 Å². The molecule has 0 N–H and O–H groups in total. The smallest absolute Gasteiger partial charge is 0.0795 e. The lowest BCUT2D eigenvalue weighted by atomic mass is 10.1. The van der Waals surface area contributed by atoms with E-state index in [0.717, 1.165) is 11.4 Å². The largest absolute Gasteiger partial charge is 0.0841 e. The van der Waals surface area contributed by atoms with Crippen LogP contribution in [0.2, 0.25) is 24.7 Å². The Kier molecular flexibility index (Phi) is 2.65. The van der Waals surface area contributed by atoms with Crippen LogP contribution in [-0.4, -0.2) is 8.07 Å². The van der Waals surface area contributed by atoms with E-state index in [4.69, 9.17) is 11.6 Å². The van der Waals surface area contributed by atoms with Crippen LogP contribution in [0.1, 0.15) is 11.1 Å². The molecule has 0 saturated carbocycles. The van der Waals surface area contributed by atoms with Gasteiger partial charge < -0.3 is 0 Å². The molecular formula is C16H17ClSi. The number of halogens is 1. The van der Waals surface area contributed by atoms with Crippen molar-refractivity contribution in [1.29, 1.82) is 0 Å². The summed E-state index contributed by atoms with van der Waals surface area (Å²) < 4.78 is 0. The minimum absolute atomic E-state index is 0.989. The van der Waals surface area contributed by atoms with Crippen LogP contribution in [0.4, 0.5) is 0 Å². The molecule has 1 aliphatic carbocycles. The summed E-state index contributed by atoms with van der Waals surface area (Å²) in [4.78, 5) is 0. The maximum atomic E-state index is 6.66. The molecule has 0 radical (unpaired) electrons. The fourth-order valence-electron chi connectivity index (χ4n) is 2.75. The van der Waals surface area contributed by atoms with Crippen molar-refractivity contribution in [2.75, 3.05) is 0 Å². The topological polar surface area (TPSA) is 0 Å². The first-order valence-corrected chi connectivity index (χ1v) is 10.3.